The maximum Gasteiger partial charge on any atom is 0.211 e. The average molecular weight is 440 g/mol. The molecular weight excluding hydrogens is 421 g/mol. The van der Waals surface area contributed by atoms with E-state index < -0.39 is 5.82 Å². The van der Waals surface area contributed by atoms with Gasteiger partial charge in [-0.05, 0) is 37.4 Å². The minimum Gasteiger partial charge on any atom is -0.377 e. The van der Waals surface area contributed by atoms with Gasteiger partial charge in [0.05, 0.1) is 41.0 Å². The number of carbonyl (C=O) groups excluding carboxylic acids is 1. The molecule has 1 aromatic heterocycles. The van der Waals surface area contributed by atoms with Gasteiger partial charge in [0.1, 0.15) is 18.0 Å². The summed E-state index contributed by atoms with van der Waals surface area (Å²) in [6, 6.07) is 7.82. The predicted molar refractivity (Wildman–Crippen MR) is 118 cm³/mol. The number of hydrogen-bond donors (Lipinski definition) is 2. The van der Waals surface area contributed by atoms with Crippen molar-refractivity contribution in [3.63, 3.8) is 0 Å². The Morgan fingerprint density at radius 3 is 2.97 bits per heavy atom. The van der Waals surface area contributed by atoms with Crippen molar-refractivity contribution >= 4 is 46.1 Å². The number of nitrogens with zero attached hydrogens (tertiary/aromatic N) is 3. The number of ether oxygens (including phenoxy) is 1. The standard InChI is InChI=1S/C22H19ClFN5O2/c1-29-6-7-31-11-16(29)4-2-14-8-21-17(10-20(14)27-13-30)22(26-12-25-21)28-15-3-5-19(24)18(23)9-15/h3,5,8-10,12-13,16H,6-7,11H2,1H3,(H,27,30)(H,25,26,28). The topological polar surface area (TPSA) is 79.4 Å². The van der Waals surface area contributed by atoms with E-state index in [0.717, 1.165) is 6.54 Å². The summed E-state index contributed by atoms with van der Waals surface area (Å²) in [5.41, 5.74) is 2.37. The van der Waals surface area contributed by atoms with Gasteiger partial charge in [-0.15, -0.1) is 0 Å². The molecule has 1 unspecified atom stereocenters. The minimum atomic E-state index is -0.505. The molecule has 2 aromatic carbocycles. The predicted octanol–water partition coefficient (Wildman–Crippen LogP) is 3.42. The SMILES string of the molecule is CN1CCOCC1C#Cc1cc2ncnc(Nc3ccc(F)c(Cl)c3)c2cc1NC=O. The summed E-state index contributed by atoms with van der Waals surface area (Å²) in [7, 11) is 2.00. The molecule has 4 rings (SSSR count). The van der Waals surface area contributed by atoms with Crippen molar-refractivity contribution in [3.05, 3.63) is 53.1 Å². The van der Waals surface area contributed by atoms with E-state index in [1.165, 1.54) is 18.5 Å². The molecule has 0 saturated carbocycles. The maximum absolute atomic E-state index is 13.5. The summed E-state index contributed by atoms with van der Waals surface area (Å²) in [6.45, 7) is 2.03. The molecule has 31 heavy (non-hydrogen) atoms. The van der Waals surface area contributed by atoms with E-state index in [-0.39, 0.29) is 11.1 Å². The highest BCUT2D eigenvalue weighted by molar-refractivity contribution is 6.31. The highest BCUT2D eigenvalue weighted by atomic mass is 35.5. The number of amides is 1. The molecule has 1 aliphatic rings. The zero-order chi connectivity index (χ0) is 21.8. The van der Waals surface area contributed by atoms with Crippen LogP contribution in [0.1, 0.15) is 5.56 Å². The number of halogens is 2. The number of morpholine rings is 1. The zero-order valence-corrected chi connectivity index (χ0v) is 17.4. The number of nitrogens with one attached hydrogen (secondary N) is 2. The smallest absolute Gasteiger partial charge is 0.211 e. The second-order valence-corrected chi connectivity index (χ2v) is 7.40. The number of benzene rings is 2. The van der Waals surface area contributed by atoms with Crippen LogP contribution in [0, 0.1) is 17.7 Å². The summed E-state index contributed by atoms with van der Waals surface area (Å²) in [4.78, 5) is 21.9. The molecule has 1 atom stereocenters. The number of hydrogen-bond acceptors (Lipinski definition) is 6. The van der Waals surface area contributed by atoms with Gasteiger partial charge in [0.15, 0.2) is 0 Å². The normalized spacial score (nSPS) is 16.4. The molecule has 7 nitrogen and oxygen atoms in total. The lowest BCUT2D eigenvalue weighted by Crippen LogP contribution is -2.41. The van der Waals surface area contributed by atoms with Gasteiger partial charge in [-0.2, -0.15) is 0 Å². The van der Waals surface area contributed by atoms with Gasteiger partial charge in [-0.3, -0.25) is 9.69 Å². The second-order valence-electron chi connectivity index (χ2n) is 6.99. The van der Waals surface area contributed by atoms with E-state index in [2.05, 4.69) is 37.3 Å². The molecule has 1 saturated heterocycles. The summed E-state index contributed by atoms with van der Waals surface area (Å²) >= 11 is 5.87. The first-order valence-electron chi connectivity index (χ1n) is 9.55. The molecule has 0 spiro atoms. The van der Waals surface area contributed by atoms with Crippen LogP contribution in [-0.2, 0) is 9.53 Å². The fourth-order valence-corrected chi connectivity index (χ4v) is 3.38. The summed E-state index contributed by atoms with van der Waals surface area (Å²) in [5, 5.41) is 6.47. The molecule has 1 amide bonds. The number of anilines is 3. The molecule has 1 aliphatic heterocycles. The quantitative estimate of drug-likeness (QED) is 0.479. The van der Waals surface area contributed by atoms with E-state index in [9.17, 15) is 9.18 Å². The van der Waals surface area contributed by atoms with Gasteiger partial charge in [-0.25, -0.2) is 14.4 Å². The Morgan fingerprint density at radius 2 is 2.19 bits per heavy atom. The first-order valence-corrected chi connectivity index (χ1v) is 9.93. The number of aromatic nitrogens is 2. The Morgan fingerprint density at radius 1 is 1.32 bits per heavy atom. The van der Waals surface area contributed by atoms with Gasteiger partial charge in [0, 0.05) is 17.6 Å². The van der Waals surface area contributed by atoms with E-state index in [0.29, 0.717) is 53.3 Å². The lowest BCUT2D eigenvalue weighted by molar-refractivity contribution is -0.105. The van der Waals surface area contributed by atoms with Gasteiger partial charge in [0.2, 0.25) is 6.41 Å². The monoisotopic (exact) mass is 439 g/mol. The van der Waals surface area contributed by atoms with Gasteiger partial charge in [0.25, 0.3) is 0 Å². The molecule has 2 N–H and O–H groups in total. The molecule has 158 valence electrons. The number of carbonyl (C=O) groups is 1. The van der Waals surface area contributed by atoms with E-state index in [4.69, 9.17) is 16.3 Å². The van der Waals surface area contributed by atoms with Gasteiger partial charge < -0.3 is 15.4 Å². The fourth-order valence-electron chi connectivity index (χ4n) is 3.20. The summed E-state index contributed by atoms with van der Waals surface area (Å²) in [6.07, 6.45) is 2.02. The van der Waals surface area contributed by atoms with Gasteiger partial charge in [-0.1, -0.05) is 23.4 Å². The van der Waals surface area contributed by atoms with Crippen LogP contribution in [0.2, 0.25) is 5.02 Å². The lowest BCUT2D eigenvalue weighted by atomic mass is 10.1. The van der Waals surface area contributed by atoms with E-state index >= 15 is 0 Å². The largest absolute Gasteiger partial charge is 0.377 e. The summed E-state index contributed by atoms with van der Waals surface area (Å²) in [5.74, 6) is 6.33. The van der Waals surface area contributed by atoms with Crippen LogP contribution in [-0.4, -0.2) is 54.1 Å². The number of likely N-dealkylation sites (N-methyl/N-ethyl adjacent to an activating group) is 1. The van der Waals surface area contributed by atoms with Crippen molar-refractivity contribution < 1.29 is 13.9 Å². The molecule has 0 radical (unpaired) electrons. The van der Waals surface area contributed by atoms with Crippen LogP contribution >= 0.6 is 11.6 Å². The highest BCUT2D eigenvalue weighted by Gasteiger charge is 2.17. The molecule has 0 bridgehead atoms. The third kappa shape index (κ3) is 4.75. The van der Waals surface area contributed by atoms with Crippen LogP contribution in [0.3, 0.4) is 0 Å². The van der Waals surface area contributed by atoms with Crippen molar-refractivity contribution in [3.8, 4) is 11.8 Å². The Labute approximate surface area is 183 Å². The molecule has 3 aromatic rings. The Kier molecular flexibility index (Phi) is 6.28. The molecule has 0 aliphatic carbocycles. The zero-order valence-electron chi connectivity index (χ0n) is 16.7. The Bertz CT molecular complexity index is 1190. The molecule has 9 heteroatoms. The first-order chi connectivity index (χ1) is 15.0. The third-order valence-electron chi connectivity index (χ3n) is 4.94. The number of fused-ring (bicyclic) bond motifs is 1. The van der Waals surface area contributed by atoms with Crippen molar-refractivity contribution in [1.29, 1.82) is 0 Å². The Hall–Kier alpha value is -3.25. The van der Waals surface area contributed by atoms with Crippen LogP contribution in [0.15, 0.2) is 36.7 Å². The number of rotatable bonds is 4. The molecule has 1 fully saturated rings. The van der Waals surface area contributed by atoms with Crippen LogP contribution in [0.25, 0.3) is 10.9 Å². The van der Waals surface area contributed by atoms with Crippen molar-refractivity contribution in [2.45, 2.75) is 6.04 Å². The second kappa shape index (κ2) is 9.27. The van der Waals surface area contributed by atoms with E-state index in [1.54, 1.807) is 18.2 Å². The fraction of sp³-hybridized carbons (Fsp3) is 0.227. The van der Waals surface area contributed by atoms with Crippen molar-refractivity contribution in [2.75, 3.05) is 37.4 Å². The van der Waals surface area contributed by atoms with Gasteiger partial charge >= 0.3 is 0 Å². The lowest BCUT2D eigenvalue weighted by Gasteiger charge is -2.28. The maximum atomic E-state index is 13.5. The Balaban J connectivity index is 1.72. The molecule has 2 heterocycles. The van der Waals surface area contributed by atoms with E-state index in [1.807, 2.05) is 7.05 Å². The van der Waals surface area contributed by atoms with Crippen LogP contribution in [0.5, 0.6) is 0 Å². The average Bonchev–Trinajstić information content (AvgIpc) is 2.76. The molecular formula is C22H19ClFN5O2. The third-order valence-corrected chi connectivity index (χ3v) is 5.23. The van der Waals surface area contributed by atoms with Crippen molar-refractivity contribution in [2.24, 2.45) is 0 Å². The van der Waals surface area contributed by atoms with Crippen LogP contribution < -0.4 is 10.6 Å². The van der Waals surface area contributed by atoms with Crippen LogP contribution in [0.4, 0.5) is 21.6 Å². The highest BCUT2D eigenvalue weighted by Crippen LogP contribution is 2.29. The first kappa shape index (κ1) is 21.0. The summed E-state index contributed by atoms with van der Waals surface area (Å²) < 4.78 is 19.0. The van der Waals surface area contributed by atoms with Crippen molar-refractivity contribution in [1.82, 2.24) is 14.9 Å². The minimum absolute atomic E-state index is 0.000827.